The number of pyridine rings is 1. The zero-order valence-corrected chi connectivity index (χ0v) is 15.0. The highest BCUT2D eigenvalue weighted by Gasteiger charge is 2.03. The maximum Gasteiger partial charge on any atom is 0.227 e. The van der Waals surface area contributed by atoms with Crippen molar-refractivity contribution in [1.82, 2.24) is 10.3 Å². The van der Waals surface area contributed by atoms with Crippen molar-refractivity contribution in [2.24, 2.45) is 10.7 Å². The molecule has 0 radical (unpaired) electrons. The lowest BCUT2D eigenvalue weighted by molar-refractivity contribution is -0.116. The normalized spacial score (nSPS) is 12.2. The Morgan fingerprint density at radius 3 is 2.81 bits per heavy atom. The van der Waals surface area contributed by atoms with Crippen molar-refractivity contribution in [3.63, 3.8) is 0 Å². The van der Waals surface area contributed by atoms with Gasteiger partial charge in [0, 0.05) is 18.2 Å². The molecule has 118 valence electrons. The number of hydrogen-bond acceptors (Lipinski definition) is 3. The van der Waals surface area contributed by atoms with E-state index >= 15 is 0 Å². The van der Waals surface area contributed by atoms with Crippen LogP contribution in [0.4, 0.5) is 5.82 Å². The fraction of sp³-hybridized carbons (Fsp3) is 0.500. The second kappa shape index (κ2) is 10.4. The van der Waals surface area contributed by atoms with Gasteiger partial charge in [-0.05, 0) is 32.4 Å². The van der Waals surface area contributed by atoms with Gasteiger partial charge in [-0.15, -0.1) is 24.0 Å². The fourth-order valence-electron chi connectivity index (χ4n) is 1.50. The molecule has 0 aliphatic rings. The molecular formula is C14H24IN5O. The highest BCUT2D eigenvalue weighted by atomic mass is 127. The minimum atomic E-state index is -0.122. The van der Waals surface area contributed by atoms with Crippen LogP contribution in [-0.2, 0) is 4.79 Å². The number of aromatic nitrogens is 1. The molecule has 1 heterocycles. The monoisotopic (exact) mass is 405 g/mol. The van der Waals surface area contributed by atoms with E-state index < -0.39 is 0 Å². The van der Waals surface area contributed by atoms with E-state index in [1.807, 2.05) is 26.0 Å². The first-order valence-corrected chi connectivity index (χ1v) is 6.81. The first-order chi connectivity index (χ1) is 9.51. The average Bonchev–Trinajstić information content (AvgIpc) is 2.38. The van der Waals surface area contributed by atoms with Gasteiger partial charge in [-0.25, -0.2) is 4.98 Å². The Balaban J connectivity index is 0.00000400. The Hall–Kier alpha value is -1.38. The van der Waals surface area contributed by atoms with E-state index in [9.17, 15) is 4.79 Å². The van der Waals surface area contributed by atoms with Gasteiger partial charge in [-0.1, -0.05) is 13.0 Å². The van der Waals surface area contributed by atoms with Gasteiger partial charge in [0.15, 0.2) is 5.96 Å². The summed E-state index contributed by atoms with van der Waals surface area (Å²) in [6, 6.07) is 5.77. The number of nitrogens with two attached hydrogens (primary N) is 1. The molecule has 1 aromatic heterocycles. The van der Waals surface area contributed by atoms with E-state index in [4.69, 9.17) is 5.73 Å². The summed E-state index contributed by atoms with van der Waals surface area (Å²) in [5.74, 6) is 0.814. The van der Waals surface area contributed by atoms with Crippen LogP contribution in [0.15, 0.2) is 23.2 Å². The van der Waals surface area contributed by atoms with Crippen molar-refractivity contribution in [2.45, 2.75) is 39.7 Å². The molecule has 1 rings (SSSR count). The lowest BCUT2D eigenvalue weighted by atomic mass is 10.3. The summed E-state index contributed by atoms with van der Waals surface area (Å²) in [7, 11) is 0. The third-order valence-electron chi connectivity index (χ3n) is 2.78. The molecule has 0 saturated heterocycles. The summed E-state index contributed by atoms with van der Waals surface area (Å²) in [5, 5.41) is 5.77. The second-order valence-corrected chi connectivity index (χ2v) is 4.68. The lowest BCUT2D eigenvalue weighted by Crippen LogP contribution is -2.38. The van der Waals surface area contributed by atoms with Crippen LogP contribution in [0.5, 0.6) is 0 Å². The number of halogens is 1. The largest absolute Gasteiger partial charge is 0.370 e. The van der Waals surface area contributed by atoms with Crippen LogP contribution >= 0.6 is 24.0 Å². The molecule has 0 aliphatic carbocycles. The van der Waals surface area contributed by atoms with Crippen LogP contribution in [0.25, 0.3) is 0 Å². The van der Waals surface area contributed by atoms with E-state index in [1.165, 1.54) is 0 Å². The van der Waals surface area contributed by atoms with Crippen LogP contribution in [0.1, 0.15) is 32.4 Å². The molecule has 0 aliphatic heterocycles. The van der Waals surface area contributed by atoms with Gasteiger partial charge in [0.2, 0.25) is 5.91 Å². The molecular weight excluding hydrogens is 381 g/mol. The number of amides is 1. The molecule has 1 unspecified atom stereocenters. The molecule has 0 aromatic carbocycles. The van der Waals surface area contributed by atoms with Crippen molar-refractivity contribution in [3.05, 3.63) is 23.9 Å². The van der Waals surface area contributed by atoms with E-state index in [-0.39, 0.29) is 42.3 Å². The number of aryl methyl sites for hydroxylation is 1. The maximum absolute atomic E-state index is 11.7. The maximum atomic E-state index is 11.7. The molecule has 0 saturated carbocycles. The predicted octanol–water partition coefficient (Wildman–Crippen LogP) is 2.04. The van der Waals surface area contributed by atoms with Gasteiger partial charge >= 0.3 is 0 Å². The number of aliphatic imine (C=N–C) groups is 1. The summed E-state index contributed by atoms with van der Waals surface area (Å²) >= 11 is 0. The van der Waals surface area contributed by atoms with E-state index in [1.54, 1.807) is 6.07 Å². The molecule has 21 heavy (non-hydrogen) atoms. The minimum absolute atomic E-state index is 0. The molecule has 0 fully saturated rings. The SMILES string of the molecule is CCC(C)NC(N)=NCCC(=O)Nc1cccc(C)n1.I. The van der Waals surface area contributed by atoms with Gasteiger partial charge in [0.1, 0.15) is 5.82 Å². The molecule has 0 bridgehead atoms. The lowest BCUT2D eigenvalue weighted by Gasteiger charge is -2.11. The molecule has 4 N–H and O–H groups in total. The highest BCUT2D eigenvalue weighted by Crippen LogP contribution is 2.04. The van der Waals surface area contributed by atoms with E-state index in [0.717, 1.165) is 12.1 Å². The van der Waals surface area contributed by atoms with Gasteiger partial charge in [0.05, 0.1) is 6.54 Å². The average molecular weight is 405 g/mol. The number of nitrogens with zero attached hydrogens (tertiary/aromatic N) is 2. The second-order valence-electron chi connectivity index (χ2n) is 4.68. The number of carbonyl (C=O) groups excluding carboxylic acids is 1. The Bertz CT molecular complexity index is 478. The Morgan fingerprint density at radius 1 is 1.48 bits per heavy atom. The van der Waals surface area contributed by atoms with Crippen molar-refractivity contribution in [2.75, 3.05) is 11.9 Å². The smallest absolute Gasteiger partial charge is 0.227 e. The number of nitrogens with one attached hydrogen (secondary N) is 2. The van der Waals surface area contributed by atoms with Crippen LogP contribution in [0.2, 0.25) is 0 Å². The van der Waals surface area contributed by atoms with Crippen LogP contribution in [0.3, 0.4) is 0 Å². The third kappa shape index (κ3) is 8.49. The summed E-state index contributed by atoms with van der Waals surface area (Å²) in [6.45, 7) is 6.32. The van der Waals surface area contributed by atoms with Crippen molar-refractivity contribution in [3.8, 4) is 0 Å². The Morgan fingerprint density at radius 2 is 2.19 bits per heavy atom. The molecule has 1 amide bonds. The van der Waals surface area contributed by atoms with Crippen LogP contribution in [-0.4, -0.2) is 29.4 Å². The first-order valence-electron chi connectivity index (χ1n) is 6.81. The zero-order valence-electron chi connectivity index (χ0n) is 12.7. The number of carbonyl (C=O) groups is 1. The molecule has 1 atom stereocenters. The van der Waals surface area contributed by atoms with Gasteiger partial charge in [0.25, 0.3) is 0 Å². The molecule has 6 nitrogen and oxygen atoms in total. The van der Waals surface area contributed by atoms with Gasteiger partial charge in [-0.3, -0.25) is 9.79 Å². The molecule has 1 aromatic rings. The number of guanidine groups is 1. The summed E-state index contributed by atoms with van der Waals surface area (Å²) in [5.41, 5.74) is 6.57. The van der Waals surface area contributed by atoms with Crippen LogP contribution < -0.4 is 16.4 Å². The predicted molar refractivity (Wildman–Crippen MR) is 97.0 cm³/mol. The standard InChI is InChI=1S/C14H23N5O.HI/c1-4-10(2)18-14(15)16-9-8-13(20)19-12-7-5-6-11(3)17-12;/h5-7,10H,4,8-9H2,1-3H3,(H3,15,16,18)(H,17,19,20);1H. The van der Waals surface area contributed by atoms with Crippen molar-refractivity contribution < 1.29 is 4.79 Å². The first kappa shape index (κ1) is 19.6. The summed E-state index contributed by atoms with van der Waals surface area (Å²) in [4.78, 5) is 20.0. The topological polar surface area (TPSA) is 92.4 Å². The van der Waals surface area contributed by atoms with Crippen molar-refractivity contribution >= 4 is 41.7 Å². The van der Waals surface area contributed by atoms with E-state index in [2.05, 4.69) is 27.5 Å². The van der Waals surface area contributed by atoms with E-state index in [0.29, 0.717) is 18.3 Å². The summed E-state index contributed by atoms with van der Waals surface area (Å²) in [6.07, 6.45) is 1.24. The fourth-order valence-corrected chi connectivity index (χ4v) is 1.50. The number of hydrogen-bond donors (Lipinski definition) is 3. The van der Waals surface area contributed by atoms with Crippen molar-refractivity contribution in [1.29, 1.82) is 0 Å². The third-order valence-corrected chi connectivity index (χ3v) is 2.78. The van der Waals surface area contributed by atoms with Gasteiger partial charge in [-0.2, -0.15) is 0 Å². The minimum Gasteiger partial charge on any atom is -0.370 e. The zero-order chi connectivity index (χ0) is 15.0. The quantitative estimate of drug-likeness (QED) is 0.384. The summed E-state index contributed by atoms with van der Waals surface area (Å²) < 4.78 is 0. The van der Waals surface area contributed by atoms with Gasteiger partial charge < -0.3 is 16.4 Å². The number of rotatable bonds is 6. The molecule has 0 spiro atoms. The molecule has 7 heteroatoms. The highest BCUT2D eigenvalue weighted by molar-refractivity contribution is 14.0. The van der Waals surface area contributed by atoms with Crippen LogP contribution in [0, 0.1) is 6.92 Å². The number of anilines is 1. The Labute approximate surface area is 143 Å². The Kier molecular flexibility index (Phi) is 9.68.